The molecule has 0 radical (unpaired) electrons. The van der Waals surface area contributed by atoms with Crippen LogP contribution < -0.4 is 104 Å². The second kappa shape index (κ2) is 10.1. The van der Waals surface area contributed by atoms with E-state index in [9.17, 15) is 29.7 Å². The molecule has 2 aromatic rings. The minimum Gasteiger partial charge on any atom is -0.545 e. The maximum atomic E-state index is 11.0. The van der Waals surface area contributed by atoms with E-state index in [1.165, 1.54) is 12.1 Å². The summed E-state index contributed by atoms with van der Waals surface area (Å²) in [4.78, 5) is 32.9. The first-order valence-electron chi connectivity index (χ1n) is 5.13. The van der Waals surface area contributed by atoms with Crippen molar-refractivity contribution in [3.8, 4) is 0 Å². The van der Waals surface area contributed by atoms with Gasteiger partial charge in [0.1, 0.15) is 0 Å². The first-order chi connectivity index (χ1) is 8.93. The van der Waals surface area contributed by atoms with Gasteiger partial charge in [-0.25, -0.2) is 0 Å². The van der Waals surface area contributed by atoms with Gasteiger partial charge in [-0.2, -0.15) is 0 Å². The number of benzene rings is 2. The molecule has 2 aromatic carbocycles. The van der Waals surface area contributed by atoms with Gasteiger partial charge in [0.15, 0.2) is 0 Å². The Labute approximate surface area is 191 Å². The second-order valence-corrected chi connectivity index (χ2v) is 3.75. The Kier molecular flexibility index (Phi) is 11.2. The van der Waals surface area contributed by atoms with Crippen LogP contribution >= 0.6 is 0 Å². The van der Waals surface area contributed by atoms with Crippen LogP contribution in [-0.2, 0) is 0 Å². The molecule has 9 heteroatoms. The third kappa shape index (κ3) is 4.80. The van der Waals surface area contributed by atoms with Crippen LogP contribution in [-0.4, -0.2) is 17.9 Å². The van der Waals surface area contributed by atoms with Gasteiger partial charge < -0.3 is 29.7 Å². The standard InChI is InChI=1S/C13H8O6.3Na/c14-11(15)7-4-5-9(13(18)19)10-6(7)2-1-3-8(10)12(16)17;;;/h1-5H,(H,14,15)(H,16,17)(H,18,19);;;/q;3*+1/p-3. The molecule has 0 atom stereocenters. The average Bonchev–Trinajstić information content (AvgIpc) is 2.35. The van der Waals surface area contributed by atoms with E-state index < -0.39 is 29.0 Å². The maximum Gasteiger partial charge on any atom is 1.00 e. The van der Waals surface area contributed by atoms with Crippen LogP contribution in [0.4, 0.5) is 0 Å². The summed E-state index contributed by atoms with van der Waals surface area (Å²) in [6.07, 6.45) is 0. The van der Waals surface area contributed by atoms with Crippen LogP contribution in [0, 0.1) is 0 Å². The summed E-state index contributed by atoms with van der Waals surface area (Å²) in [7, 11) is 0. The van der Waals surface area contributed by atoms with Crippen molar-refractivity contribution < 1.29 is 118 Å². The Balaban J connectivity index is 0. The molecule has 22 heavy (non-hydrogen) atoms. The number of rotatable bonds is 3. The van der Waals surface area contributed by atoms with Gasteiger partial charge in [0.05, 0.1) is 17.9 Å². The molecule has 0 amide bonds. The average molecular weight is 326 g/mol. The number of hydrogen-bond donors (Lipinski definition) is 0. The first-order valence-corrected chi connectivity index (χ1v) is 5.13. The number of carbonyl (C=O) groups excluding carboxylic acids is 3. The summed E-state index contributed by atoms with van der Waals surface area (Å²) >= 11 is 0. The van der Waals surface area contributed by atoms with Crippen LogP contribution in [0.3, 0.4) is 0 Å². The van der Waals surface area contributed by atoms with E-state index in [0.29, 0.717) is 0 Å². The summed E-state index contributed by atoms with van der Waals surface area (Å²) in [5, 5.41) is 32.6. The van der Waals surface area contributed by atoms with Crippen LogP contribution in [0.2, 0.25) is 0 Å². The van der Waals surface area contributed by atoms with E-state index in [-0.39, 0.29) is 105 Å². The topological polar surface area (TPSA) is 120 Å². The van der Waals surface area contributed by atoms with E-state index in [1.807, 2.05) is 0 Å². The molecule has 0 saturated carbocycles. The van der Waals surface area contributed by atoms with Gasteiger partial charge >= 0.3 is 88.7 Å². The van der Waals surface area contributed by atoms with Crippen molar-refractivity contribution in [2.45, 2.75) is 0 Å². The van der Waals surface area contributed by atoms with Gasteiger partial charge in [0, 0.05) is 22.1 Å². The molecule has 0 unspecified atom stereocenters. The van der Waals surface area contributed by atoms with E-state index in [0.717, 1.165) is 18.2 Å². The van der Waals surface area contributed by atoms with E-state index in [4.69, 9.17) is 0 Å². The molecule has 0 spiro atoms. The SMILES string of the molecule is O=C([O-])c1ccc(C(=O)[O-])c2c(C(=O)[O-])cccc12.[Na+].[Na+].[Na+]. The van der Waals surface area contributed by atoms with Gasteiger partial charge in [-0.05, 0) is 5.39 Å². The molecule has 96 valence electrons. The predicted octanol–water partition coefficient (Wildman–Crippen LogP) is -11.1. The smallest absolute Gasteiger partial charge is 0.545 e. The second-order valence-electron chi connectivity index (χ2n) is 3.75. The zero-order chi connectivity index (χ0) is 14.2. The Hall–Kier alpha value is 0.110. The molecule has 0 saturated heterocycles. The Morgan fingerprint density at radius 3 is 1.50 bits per heavy atom. The minimum absolute atomic E-state index is 0. The van der Waals surface area contributed by atoms with Gasteiger partial charge in [0.2, 0.25) is 0 Å². The number of carboxylic acids is 3. The summed E-state index contributed by atoms with van der Waals surface area (Å²) in [5.74, 6) is -4.75. The monoisotopic (exact) mass is 326 g/mol. The van der Waals surface area contributed by atoms with E-state index in [1.54, 1.807) is 0 Å². The number of carboxylic acid groups (broad SMARTS) is 3. The molecular weight excluding hydrogens is 321 g/mol. The fraction of sp³-hybridized carbons (Fsp3) is 0. The van der Waals surface area contributed by atoms with Crippen LogP contribution in [0.5, 0.6) is 0 Å². The maximum absolute atomic E-state index is 11.0. The zero-order valence-corrected chi connectivity index (χ0v) is 18.3. The largest absolute Gasteiger partial charge is 1.00 e. The summed E-state index contributed by atoms with van der Waals surface area (Å²) in [6, 6.07) is 5.71. The molecule has 0 heterocycles. The molecular formula is C13H5Na3O6. The van der Waals surface area contributed by atoms with Crippen molar-refractivity contribution >= 4 is 28.7 Å². The summed E-state index contributed by atoms with van der Waals surface area (Å²) < 4.78 is 0. The number of hydrogen-bond acceptors (Lipinski definition) is 6. The van der Waals surface area contributed by atoms with Crippen molar-refractivity contribution in [2.75, 3.05) is 0 Å². The number of aromatic carboxylic acids is 3. The molecule has 0 aromatic heterocycles. The Morgan fingerprint density at radius 1 is 0.636 bits per heavy atom. The van der Waals surface area contributed by atoms with E-state index in [2.05, 4.69) is 0 Å². The Bertz CT molecular complexity index is 709. The quantitative estimate of drug-likeness (QED) is 0.517. The van der Waals surface area contributed by atoms with Gasteiger partial charge in [-0.15, -0.1) is 0 Å². The zero-order valence-electron chi connectivity index (χ0n) is 12.3. The van der Waals surface area contributed by atoms with Crippen molar-refractivity contribution in [1.82, 2.24) is 0 Å². The third-order valence-corrected chi connectivity index (χ3v) is 2.70. The van der Waals surface area contributed by atoms with Gasteiger partial charge in [-0.1, -0.05) is 30.3 Å². The van der Waals surface area contributed by atoms with Crippen molar-refractivity contribution in [1.29, 1.82) is 0 Å². The molecule has 6 nitrogen and oxygen atoms in total. The minimum atomic E-state index is -1.61. The van der Waals surface area contributed by atoms with Crippen molar-refractivity contribution in [3.05, 3.63) is 47.0 Å². The third-order valence-electron chi connectivity index (χ3n) is 2.70. The number of fused-ring (bicyclic) bond motifs is 1. The normalized spacial score (nSPS) is 8.91. The van der Waals surface area contributed by atoms with Crippen LogP contribution in [0.1, 0.15) is 31.1 Å². The molecule has 0 aliphatic rings. The van der Waals surface area contributed by atoms with Gasteiger partial charge in [0.25, 0.3) is 0 Å². The molecule has 0 aliphatic heterocycles. The molecule has 0 bridgehead atoms. The van der Waals surface area contributed by atoms with Crippen LogP contribution in [0.25, 0.3) is 10.8 Å². The number of carbonyl (C=O) groups is 3. The molecule has 0 aliphatic carbocycles. The summed E-state index contributed by atoms with van der Waals surface area (Å²) in [5.41, 5.74) is -1.14. The van der Waals surface area contributed by atoms with E-state index >= 15 is 0 Å². The van der Waals surface area contributed by atoms with Crippen molar-refractivity contribution in [3.63, 3.8) is 0 Å². The van der Waals surface area contributed by atoms with Crippen LogP contribution in [0.15, 0.2) is 30.3 Å². The molecule has 2 rings (SSSR count). The molecule has 0 fully saturated rings. The fourth-order valence-corrected chi connectivity index (χ4v) is 1.92. The van der Waals surface area contributed by atoms with Gasteiger partial charge in [-0.3, -0.25) is 0 Å². The van der Waals surface area contributed by atoms with Crippen molar-refractivity contribution in [2.24, 2.45) is 0 Å². The first kappa shape index (κ1) is 24.4. The predicted molar refractivity (Wildman–Crippen MR) is 56.9 cm³/mol. The summed E-state index contributed by atoms with van der Waals surface area (Å²) in [6.45, 7) is 0. The molecule has 0 N–H and O–H groups in total. The Morgan fingerprint density at radius 2 is 1.05 bits per heavy atom. The fourth-order valence-electron chi connectivity index (χ4n) is 1.92.